The van der Waals surface area contributed by atoms with Crippen LogP contribution in [-0.2, 0) is 6.42 Å². The first-order valence-corrected chi connectivity index (χ1v) is 6.59. The van der Waals surface area contributed by atoms with Gasteiger partial charge in [-0.15, -0.1) is 0 Å². The van der Waals surface area contributed by atoms with Crippen molar-refractivity contribution in [1.82, 2.24) is 0 Å². The van der Waals surface area contributed by atoms with Gasteiger partial charge in [0.25, 0.3) is 0 Å². The van der Waals surface area contributed by atoms with Gasteiger partial charge < -0.3 is 10.8 Å². The molecule has 1 aliphatic rings. The van der Waals surface area contributed by atoms with Gasteiger partial charge in [0, 0.05) is 17.3 Å². The molecule has 20 heavy (non-hydrogen) atoms. The number of anilines is 1. The molecule has 3 N–H and O–H groups in total. The number of ketones is 1. The molecule has 3 rings (SSSR count). The van der Waals surface area contributed by atoms with Gasteiger partial charge in [-0.05, 0) is 24.0 Å². The molecule has 2 aromatic carbocycles. The fourth-order valence-corrected chi connectivity index (χ4v) is 2.62. The summed E-state index contributed by atoms with van der Waals surface area (Å²) in [5.41, 5.74) is 9.10. The molecule has 0 radical (unpaired) electrons. The number of phenols is 1. The number of fused-ring (bicyclic) bond motifs is 1. The molecule has 3 heteroatoms. The standard InChI is InChI=1S/C17H15NO2/c18-14-10-15(19)16(13-9-5-4-8-12(13)14)17(20)11-6-2-1-3-7-11/h1-3,5-7,9-10,19H,4,8,18H2. The summed E-state index contributed by atoms with van der Waals surface area (Å²) in [5, 5.41) is 10.1. The molecule has 0 fully saturated rings. The molecule has 0 atom stereocenters. The second kappa shape index (κ2) is 4.85. The van der Waals surface area contributed by atoms with E-state index in [1.54, 1.807) is 12.1 Å². The van der Waals surface area contributed by atoms with Crippen molar-refractivity contribution < 1.29 is 9.90 Å². The number of rotatable bonds is 2. The second-order valence-electron chi connectivity index (χ2n) is 4.89. The van der Waals surface area contributed by atoms with Crippen molar-refractivity contribution in [2.45, 2.75) is 12.8 Å². The third kappa shape index (κ3) is 1.97. The first-order chi connectivity index (χ1) is 9.68. The van der Waals surface area contributed by atoms with Gasteiger partial charge >= 0.3 is 0 Å². The molecule has 0 saturated carbocycles. The van der Waals surface area contributed by atoms with Gasteiger partial charge in [-0.25, -0.2) is 0 Å². The zero-order valence-electron chi connectivity index (χ0n) is 11.0. The molecule has 3 nitrogen and oxygen atoms in total. The number of carbonyl (C=O) groups is 1. The molecule has 0 aromatic heterocycles. The number of phenolic OH excluding ortho intramolecular Hbond substituents is 1. The number of allylic oxidation sites excluding steroid dienone is 1. The summed E-state index contributed by atoms with van der Waals surface area (Å²) in [6.45, 7) is 0. The maximum Gasteiger partial charge on any atom is 0.197 e. The van der Waals surface area contributed by atoms with E-state index in [-0.39, 0.29) is 11.5 Å². The van der Waals surface area contributed by atoms with E-state index in [0.29, 0.717) is 16.8 Å². The van der Waals surface area contributed by atoms with Gasteiger partial charge in [0.05, 0.1) is 5.56 Å². The van der Waals surface area contributed by atoms with Crippen molar-refractivity contribution in [3.63, 3.8) is 0 Å². The Balaban J connectivity index is 2.20. The number of hydrogen-bond donors (Lipinski definition) is 2. The van der Waals surface area contributed by atoms with Gasteiger partial charge in [0.15, 0.2) is 5.78 Å². The number of nitrogens with two attached hydrogens (primary N) is 1. The van der Waals surface area contributed by atoms with Crippen molar-refractivity contribution in [3.05, 3.63) is 64.7 Å². The van der Waals surface area contributed by atoms with E-state index >= 15 is 0 Å². The minimum absolute atomic E-state index is 0.0540. The van der Waals surface area contributed by atoms with E-state index < -0.39 is 0 Å². The maximum absolute atomic E-state index is 12.6. The Morgan fingerprint density at radius 2 is 1.95 bits per heavy atom. The first-order valence-electron chi connectivity index (χ1n) is 6.59. The van der Waals surface area contributed by atoms with Crippen LogP contribution in [0.1, 0.15) is 33.5 Å². The van der Waals surface area contributed by atoms with Crippen molar-refractivity contribution >= 4 is 17.5 Å². The lowest BCUT2D eigenvalue weighted by molar-refractivity contribution is 0.103. The lowest BCUT2D eigenvalue weighted by Crippen LogP contribution is -2.10. The number of benzene rings is 2. The van der Waals surface area contributed by atoms with Crippen LogP contribution in [0.4, 0.5) is 5.69 Å². The number of carbonyl (C=O) groups excluding carboxylic acids is 1. The van der Waals surface area contributed by atoms with Crippen LogP contribution >= 0.6 is 0 Å². The molecule has 0 saturated heterocycles. The summed E-state index contributed by atoms with van der Waals surface area (Å²) in [6, 6.07) is 10.4. The molecule has 1 aliphatic carbocycles. The molecule has 0 heterocycles. The largest absolute Gasteiger partial charge is 0.507 e. The van der Waals surface area contributed by atoms with Crippen LogP contribution in [0.5, 0.6) is 5.75 Å². The average Bonchev–Trinajstić information content (AvgIpc) is 2.48. The second-order valence-corrected chi connectivity index (χ2v) is 4.89. The normalized spacial score (nSPS) is 13.0. The van der Waals surface area contributed by atoms with Gasteiger partial charge in [-0.2, -0.15) is 0 Å². The Hall–Kier alpha value is -2.55. The van der Waals surface area contributed by atoms with E-state index in [1.807, 2.05) is 30.4 Å². The Bertz CT molecular complexity index is 703. The maximum atomic E-state index is 12.6. The number of aromatic hydroxyl groups is 1. The molecule has 2 aromatic rings. The molecular weight excluding hydrogens is 250 g/mol. The van der Waals surface area contributed by atoms with Gasteiger partial charge in [0.1, 0.15) is 5.75 Å². The highest BCUT2D eigenvalue weighted by molar-refractivity contribution is 6.13. The lowest BCUT2D eigenvalue weighted by Gasteiger charge is -2.18. The van der Waals surface area contributed by atoms with E-state index in [0.717, 1.165) is 24.0 Å². The van der Waals surface area contributed by atoms with Crippen LogP contribution in [0.15, 0.2) is 42.5 Å². The first kappa shape index (κ1) is 12.5. The minimum Gasteiger partial charge on any atom is -0.507 e. The molecule has 0 aliphatic heterocycles. The van der Waals surface area contributed by atoms with E-state index in [9.17, 15) is 9.90 Å². The minimum atomic E-state index is -0.175. The fraction of sp³-hybridized carbons (Fsp3) is 0.118. The van der Waals surface area contributed by atoms with Crippen LogP contribution < -0.4 is 5.73 Å². The fourth-order valence-electron chi connectivity index (χ4n) is 2.62. The third-order valence-electron chi connectivity index (χ3n) is 3.60. The highest BCUT2D eigenvalue weighted by Crippen LogP contribution is 2.35. The van der Waals surface area contributed by atoms with Crippen LogP contribution in [0, 0.1) is 0 Å². The van der Waals surface area contributed by atoms with Crippen LogP contribution in [-0.4, -0.2) is 10.9 Å². The monoisotopic (exact) mass is 265 g/mol. The molecule has 0 amide bonds. The van der Waals surface area contributed by atoms with Crippen LogP contribution in [0.25, 0.3) is 6.08 Å². The summed E-state index contributed by atoms with van der Waals surface area (Å²) in [7, 11) is 0. The lowest BCUT2D eigenvalue weighted by atomic mass is 9.88. The summed E-state index contributed by atoms with van der Waals surface area (Å²) >= 11 is 0. The highest BCUT2D eigenvalue weighted by Gasteiger charge is 2.22. The van der Waals surface area contributed by atoms with Crippen LogP contribution in [0.2, 0.25) is 0 Å². The highest BCUT2D eigenvalue weighted by atomic mass is 16.3. The quantitative estimate of drug-likeness (QED) is 0.647. The number of nitrogen functional groups attached to an aromatic ring is 1. The summed E-state index contributed by atoms with van der Waals surface area (Å²) in [5.74, 6) is -0.229. The predicted molar refractivity (Wildman–Crippen MR) is 79.7 cm³/mol. The molecule has 100 valence electrons. The van der Waals surface area contributed by atoms with Crippen molar-refractivity contribution in [1.29, 1.82) is 0 Å². The van der Waals surface area contributed by atoms with E-state index in [2.05, 4.69) is 0 Å². The Kier molecular flexibility index (Phi) is 3.03. The Labute approximate surface area is 117 Å². The topological polar surface area (TPSA) is 63.3 Å². The summed E-state index contributed by atoms with van der Waals surface area (Å²) in [6.07, 6.45) is 5.59. The number of hydrogen-bond acceptors (Lipinski definition) is 3. The Morgan fingerprint density at radius 1 is 1.20 bits per heavy atom. The molecule has 0 spiro atoms. The zero-order chi connectivity index (χ0) is 14.1. The zero-order valence-corrected chi connectivity index (χ0v) is 11.0. The summed E-state index contributed by atoms with van der Waals surface area (Å²) in [4.78, 5) is 12.6. The molecule has 0 bridgehead atoms. The SMILES string of the molecule is Nc1cc(O)c(C(=O)c2ccccc2)c2c1CCC=C2. The van der Waals surface area contributed by atoms with Crippen molar-refractivity contribution in [2.24, 2.45) is 0 Å². The van der Waals surface area contributed by atoms with Crippen molar-refractivity contribution in [2.75, 3.05) is 5.73 Å². The van der Waals surface area contributed by atoms with Gasteiger partial charge in [-0.3, -0.25) is 4.79 Å². The average molecular weight is 265 g/mol. The van der Waals surface area contributed by atoms with Crippen LogP contribution in [0.3, 0.4) is 0 Å². The molecular formula is C17H15NO2. The molecule has 0 unspecified atom stereocenters. The third-order valence-corrected chi connectivity index (χ3v) is 3.60. The van der Waals surface area contributed by atoms with Crippen molar-refractivity contribution in [3.8, 4) is 5.75 Å². The summed E-state index contributed by atoms with van der Waals surface area (Å²) < 4.78 is 0. The van der Waals surface area contributed by atoms with E-state index in [1.165, 1.54) is 6.07 Å². The van der Waals surface area contributed by atoms with E-state index in [4.69, 9.17) is 5.73 Å². The van der Waals surface area contributed by atoms with Gasteiger partial charge in [0.2, 0.25) is 0 Å². The smallest absolute Gasteiger partial charge is 0.197 e. The Morgan fingerprint density at radius 3 is 2.70 bits per heavy atom. The predicted octanol–water partition coefficient (Wildman–Crippen LogP) is 3.16. The van der Waals surface area contributed by atoms with Gasteiger partial charge in [-0.1, -0.05) is 42.5 Å².